The zero-order valence-corrected chi connectivity index (χ0v) is 15.1. The van der Waals surface area contributed by atoms with Gasteiger partial charge in [-0.05, 0) is 24.3 Å². The van der Waals surface area contributed by atoms with E-state index in [1.165, 1.54) is 0 Å². The Morgan fingerprint density at radius 3 is 2.85 bits per heavy atom. The van der Waals surface area contributed by atoms with Gasteiger partial charge in [-0.2, -0.15) is 0 Å². The fraction of sp³-hybridized carbons (Fsp3) is 0.0952. The molecule has 0 saturated carbocycles. The molecule has 2 aromatic carbocycles. The predicted molar refractivity (Wildman–Crippen MR) is 107 cm³/mol. The molecular formula is C21H17N3OS. The van der Waals surface area contributed by atoms with Crippen LogP contribution in [-0.4, -0.2) is 27.8 Å². The third kappa shape index (κ3) is 3.34. The highest BCUT2D eigenvalue weighted by atomic mass is 32.1. The summed E-state index contributed by atoms with van der Waals surface area (Å²) < 4.78 is 1.14. The number of rotatable bonds is 4. The molecular weight excluding hydrogens is 342 g/mol. The Morgan fingerprint density at radius 1 is 1.12 bits per heavy atom. The van der Waals surface area contributed by atoms with E-state index in [-0.39, 0.29) is 5.91 Å². The molecule has 0 radical (unpaired) electrons. The van der Waals surface area contributed by atoms with E-state index in [4.69, 9.17) is 0 Å². The second-order valence-electron chi connectivity index (χ2n) is 6.03. The molecule has 0 bridgehead atoms. The summed E-state index contributed by atoms with van der Waals surface area (Å²) in [6, 6.07) is 17.9. The van der Waals surface area contributed by atoms with Crippen molar-refractivity contribution in [1.82, 2.24) is 14.9 Å². The normalized spacial score (nSPS) is 11.4. The largest absolute Gasteiger partial charge is 0.335 e. The van der Waals surface area contributed by atoms with E-state index in [2.05, 4.69) is 9.97 Å². The van der Waals surface area contributed by atoms with Gasteiger partial charge in [-0.3, -0.25) is 9.78 Å². The molecule has 0 atom stereocenters. The van der Waals surface area contributed by atoms with Crippen molar-refractivity contribution >= 4 is 44.4 Å². The van der Waals surface area contributed by atoms with Gasteiger partial charge in [-0.25, -0.2) is 4.98 Å². The van der Waals surface area contributed by atoms with Gasteiger partial charge in [-0.15, -0.1) is 11.3 Å². The third-order valence-electron chi connectivity index (χ3n) is 4.16. The van der Waals surface area contributed by atoms with Crippen LogP contribution < -0.4 is 0 Å². The molecule has 128 valence electrons. The fourth-order valence-corrected chi connectivity index (χ4v) is 3.84. The zero-order valence-electron chi connectivity index (χ0n) is 14.3. The van der Waals surface area contributed by atoms with Crippen molar-refractivity contribution in [2.45, 2.75) is 6.54 Å². The second kappa shape index (κ2) is 7.06. The maximum absolute atomic E-state index is 12.5. The van der Waals surface area contributed by atoms with E-state index < -0.39 is 0 Å². The maximum Gasteiger partial charge on any atom is 0.246 e. The van der Waals surface area contributed by atoms with Gasteiger partial charge >= 0.3 is 0 Å². The van der Waals surface area contributed by atoms with E-state index in [0.29, 0.717) is 6.54 Å². The molecule has 0 unspecified atom stereocenters. The molecule has 2 heterocycles. The van der Waals surface area contributed by atoms with Crippen molar-refractivity contribution in [3.63, 3.8) is 0 Å². The highest BCUT2D eigenvalue weighted by Crippen LogP contribution is 2.22. The molecule has 4 aromatic rings. The summed E-state index contributed by atoms with van der Waals surface area (Å²) in [5.41, 5.74) is 2.81. The number of hydrogen-bond acceptors (Lipinski definition) is 4. The number of carbonyl (C=O) groups is 1. The number of aromatic nitrogens is 2. The molecule has 0 spiro atoms. The van der Waals surface area contributed by atoms with Crippen LogP contribution in [0.15, 0.2) is 66.9 Å². The average Bonchev–Trinajstić information content (AvgIpc) is 3.08. The number of carbonyl (C=O) groups excluding carboxylic acids is 1. The van der Waals surface area contributed by atoms with Crippen LogP contribution in [0.5, 0.6) is 0 Å². The van der Waals surface area contributed by atoms with Crippen molar-refractivity contribution in [3.8, 4) is 0 Å². The summed E-state index contributed by atoms with van der Waals surface area (Å²) in [6.45, 7) is 0.496. The summed E-state index contributed by atoms with van der Waals surface area (Å²) in [7, 11) is 1.79. The summed E-state index contributed by atoms with van der Waals surface area (Å²) in [5, 5.41) is 1.99. The van der Waals surface area contributed by atoms with Crippen molar-refractivity contribution in [2.24, 2.45) is 0 Å². The van der Waals surface area contributed by atoms with Crippen LogP contribution in [0, 0.1) is 0 Å². The first-order valence-corrected chi connectivity index (χ1v) is 9.14. The number of thiazole rings is 1. The molecule has 4 nitrogen and oxygen atoms in total. The Morgan fingerprint density at radius 2 is 1.96 bits per heavy atom. The highest BCUT2D eigenvalue weighted by molar-refractivity contribution is 7.18. The van der Waals surface area contributed by atoms with Crippen LogP contribution >= 0.6 is 11.3 Å². The number of fused-ring (bicyclic) bond motifs is 2. The summed E-state index contributed by atoms with van der Waals surface area (Å²) >= 11 is 1.62. The molecule has 26 heavy (non-hydrogen) atoms. The Bertz CT molecular complexity index is 1080. The lowest BCUT2D eigenvalue weighted by atomic mass is 10.1. The van der Waals surface area contributed by atoms with Gasteiger partial charge in [-0.1, -0.05) is 36.4 Å². The first-order chi connectivity index (χ1) is 12.7. The Balaban J connectivity index is 1.50. The predicted octanol–water partition coefficient (Wildman–Crippen LogP) is 4.52. The molecule has 0 N–H and O–H groups in total. The number of pyridine rings is 1. The SMILES string of the molecule is CN(Cc1nc2ccccc2s1)C(=O)C=Cc1cccc2cccnc12. The van der Waals surface area contributed by atoms with Gasteiger partial charge in [0.1, 0.15) is 5.01 Å². The van der Waals surface area contributed by atoms with Crippen LogP contribution in [0.25, 0.3) is 27.2 Å². The van der Waals surface area contributed by atoms with E-state index in [9.17, 15) is 4.79 Å². The van der Waals surface area contributed by atoms with Crippen molar-refractivity contribution in [1.29, 1.82) is 0 Å². The minimum atomic E-state index is -0.0582. The Kier molecular flexibility index (Phi) is 4.46. The van der Waals surface area contributed by atoms with E-state index in [1.807, 2.05) is 60.7 Å². The summed E-state index contributed by atoms with van der Waals surface area (Å²) in [6.07, 6.45) is 5.18. The molecule has 0 saturated heterocycles. The van der Waals surface area contributed by atoms with E-state index in [1.54, 1.807) is 35.6 Å². The number of para-hydroxylation sites is 2. The molecule has 1 amide bonds. The molecule has 0 aliphatic carbocycles. The van der Waals surface area contributed by atoms with Gasteiger partial charge in [0.15, 0.2) is 0 Å². The molecule has 4 rings (SSSR count). The smallest absolute Gasteiger partial charge is 0.246 e. The maximum atomic E-state index is 12.5. The lowest BCUT2D eigenvalue weighted by Gasteiger charge is -2.12. The zero-order chi connectivity index (χ0) is 17.9. The summed E-state index contributed by atoms with van der Waals surface area (Å²) in [4.78, 5) is 23.1. The van der Waals surface area contributed by atoms with Crippen LogP contribution in [-0.2, 0) is 11.3 Å². The minimum Gasteiger partial charge on any atom is -0.335 e. The van der Waals surface area contributed by atoms with E-state index in [0.717, 1.165) is 31.7 Å². The minimum absolute atomic E-state index is 0.0582. The number of likely N-dealkylation sites (N-methyl/N-ethyl adjacent to an activating group) is 1. The number of hydrogen-bond donors (Lipinski definition) is 0. The number of amides is 1. The lowest BCUT2D eigenvalue weighted by Crippen LogP contribution is -2.23. The fourth-order valence-electron chi connectivity index (χ4n) is 2.82. The Hall–Kier alpha value is -3.05. The molecule has 0 fully saturated rings. The van der Waals surface area contributed by atoms with Gasteiger partial charge in [0.2, 0.25) is 5.91 Å². The van der Waals surface area contributed by atoms with Crippen molar-refractivity contribution in [2.75, 3.05) is 7.05 Å². The quantitative estimate of drug-likeness (QED) is 0.504. The number of nitrogens with zero attached hydrogens (tertiary/aromatic N) is 3. The van der Waals surface area contributed by atoms with Crippen LogP contribution in [0.4, 0.5) is 0 Å². The number of benzene rings is 2. The molecule has 0 aliphatic rings. The van der Waals surface area contributed by atoms with Crippen molar-refractivity contribution < 1.29 is 4.79 Å². The first kappa shape index (κ1) is 16.4. The monoisotopic (exact) mass is 359 g/mol. The van der Waals surface area contributed by atoms with E-state index >= 15 is 0 Å². The second-order valence-corrected chi connectivity index (χ2v) is 7.14. The average molecular weight is 359 g/mol. The Labute approximate surface area is 155 Å². The van der Waals surface area contributed by atoms with Crippen molar-refractivity contribution in [3.05, 3.63) is 77.4 Å². The lowest BCUT2D eigenvalue weighted by molar-refractivity contribution is -0.125. The van der Waals surface area contributed by atoms with Gasteiger partial charge in [0.25, 0.3) is 0 Å². The first-order valence-electron chi connectivity index (χ1n) is 8.32. The molecule has 0 aliphatic heterocycles. The van der Waals surface area contributed by atoms with Gasteiger partial charge in [0.05, 0.1) is 22.3 Å². The van der Waals surface area contributed by atoms with Crippen LogP contribution in [0.3, 0.4) is 0 Å². The highest BCUT2D eigenvalue weighted by Gasteiger charge is 2.10. The van der Waals surface area contributed by atoms with Gasteiger partial charge in [0, 0.05) is 30.3 Å². The molecule has 2 aromatic heterocycles. The standard InChI is InChI=1S/C21H17N3OS/c1-24(14-19-23-17-9-2-3-10-18(17)26-19)20(25)12-11-16-7-4-6-15-8-5-13-22-21(15)16/h2-13H,14H2,1H3. The summed E-state index contributed by atoms with van der Waals surface area (Å²) in [5.74, 6) is -0.0582. The molecule has 5 heteroatoms. The topological polar surface area (TPSA) is 46.1 Å². The van der Waals surface area contributed by atoms with Crippen LogP contribution in [0.1, 0.15) is 10.6 Å². The van der Waals surface area contributed by atoms with Gasteiger partial charge < -0.3 is 4.90 Å². The third-order valence-corrected chi connectivity index (χ3v) is 5.18. The van der Waals surface area contributed by atoms with Crippen LogP contribution in [0.2, 0.25) is 0 Å².